The van der Waals surface area contributed by atoms with E-state index in [1.54, 1.807) is 0 Å². The van der Waals surface area contributed by atoms with Gasteiger partial charge in [0.1, 0.15) is 18.1 Å². The SMILES string of the molecule is CC(C)Cc1ccc(COc2cccc(P3(=O)Oc4ccccc4-c4ccccc43)c2)cc1. The van der Waals surface area contributed by atoms with Crippen molar-refractivity contribution in [3.63, 3.8) is 0 Å². The van der Waals surface area contributed by atoms with E-state index in [1.807, 2.05) is 72.8 Å². The molecule has 1 atom stereocenters. The van der Waals surface area contributed by atoms with Crippen LogP contribution in [-0.4, -0.2) is 0 Å². The van der Waals surface area contributed by atoms with Gasteiger partial charge in [0.05, 0.1) is 10.6 Å². The molecule has 4 aromatic rings. The maximum atomic E-state index is 14.3. The third-order valence-electron chi connectivity index (χ3n) is 5.86. The van der Waals surface area contributed by atoms with Crippen LogP contribution in [0.25, 0.3) is 11.1 Å². The minimum absolute atomic E-state index is 0.454. The molecule has 1 heterocycles. The van der Waals surface area contributed by atoms with Crippen LogP contribution in [-0.2, 0) is 17.6 Å². The monoisotopic (exact) mass is 454 g/mol. The normalized spacial score (nSPS) is 16.6. The van der Waals surface area contributed by atoms with E-state index >= 15 is 0 Å². The van der Waals surface area contributed by atoms with Crippen LogP contribution >= 0.6 is 7.37 Å². The summed E-state index contributed by atoms with van der Waals surface area (Å²) < 4.78 is 26.6. The molecule has 0 bridgehead atoms. The Hall–Kier alpha value is -3.29. The van der Waals surface area contributed by atoms with E-state index in [0.717, 1.165) is 28.4 Å². The quantitative estimate of drug-likeness (QED) is 0.302. The Kier molecular flexibility index (Phi) is 5.83. The van der Waals surface area contributed by atoms with Crippen LogP contribution in [0, 0.1) is 5.92 Å². The van der Waals surface area contributed by atoms with Gasteiger partial charge >= 0.3 is 7.37 Å². The summed E-state index contributed by atoms with van der Waals surface area (Å²) in [5.74, 6) is 1.96. The Morgan fingerprint density at radius 2 is 1.48 bits per heavy atom. The Labute approximate surface area is 195 Å². The number of rotatable bonds is 6. The van der Waals surface area contributed by atoms with Crippen LogP contribution < -0.4 is 19.9 Å². The highest BCUT2D eigenvalue weighted by Gasteiger charge is 2.37. The van der Waals surface area contributed by atoms with Crippen LogP contribution in [0.15, 0.2) is 97.1 Å². The maximum absolute atomic E-state index is 14.3. The summed E-state index contributed by atoms with van der Waals surface area (Å²) >= 11 is 0. The molecule has 0 saturated carbocycles. The van der Waals surface area contributed by atoms with Crippen molar-refractivity contribution in [2.45, 2.75) is 26.9 Å². The molecule has 4 aromatic carbocycles. The molecule has 0 N–H and O–H groups in total. The third kappa shape index (κ3) is 4.34. The van der Waals surface area contributed by atoms with E-state index in [4.69, 9.17) is 9.26 Å². The van der Waals surface area contributed by atoms with Crippen molar-refractivity contribution in [3.8, 4) is 22.6 Å². The Balaban J connectivity index is 1.41. The van der Waals surface area contributed by atoms with E-state index in [9.17, 15) is 4.57 Å². The molecule has 1 aliphatic rings. The first-order valence-electron chi connectivity index (χ1n) is 11.3. The molecule has 5 rings (SSSR count). The number of hydrogen-bond donors (Lipinski definition) is 0. The summed E-state index contributed by atoms with van der Waals surface area (Å²) in [6.45, 7) is 4.90. The summed E-state index contributed by atoms with van der Waals surface area (Å²) in [6, 6.07) is 31.6. The van der Waals surface area contributed by atoms with Gasteiger partial charge in [0.2, 0.25) is 0 Å². The van der Waals surface area contributed by atoms with E-state index in [1.165, 1.54) is 5.56 Å². The first-order chi connectivity index (χ1) is 16.0. The van der Waals surface area contributed by atoms with Crippen LogP contribution in [0.3, 0.4) is 0 Å². The lowest BCUT2D eigenvalue weighted by molar-refractivity contribution is 0.306. The molecule has 3 nitrogen and oxygen atoms in total. The molecule has 0 amide bonds. The smallest absolute Gasteiger partial charge is 0.307 e. The molecular weight excluding hydrogens is 427 g/mol. The van der Waals surface area contributed by atoms with Crippen molar-refractivity contribution < 1.29 is 13.8 Å². The molecule has 0 fully saturated rings. The summed E-state index contributed by atoms with van der Waals surface area (Å²) in [4.78, 5) is 0. The summed E-state index contributed by atoms with van der Waals surface area (Å²) in [5, 5.41) is 1.36. The van der Waals surface area contributed by atoms with E-state index < -0.39 is 7.37 Å². The van der Waals surface area contributed by atoms with Crippen molar-refractivity contribution in [1.29, 1.82) is 0 Å². The number of hydrogen-bond acceptors (Lipinski definition) is 3. The molecule has 0 aromatic heterocycles. The third-order valence-corrected chi connectivity index (χ3v) is 8.29. The highest BCUT2D eigenvalue weighted by atomic mass is 31.2. The van der Waals surface area contributed by atoms with Crippen LogP contribution in [0.1, 0.15) is 25.0 Å². The summed E-state index contributed by atoms with van der Waals surface area (Å²) in [5.41, 5.74) is 4.36. The first kappa shape index (κ1) is 21.6. The van der Waals surface area contributed by atoms with Gasteiger partial charge in [0, 0.05) is 5.56 Å². The largest absolute Gasteiger partial charge is 0.489 e. The van der Waals surface area contributed by atoms with Gasteiger partial charge in [0.15, 0.2) is 0 Å². The zero-order valence-corrected chi connectivity index (χ0v) is 19.8. The summed E-state index contributed by atoms with van der Waals surface area (Å²) in [6.07, 6.45) is 1.07. The zero-order valence-electron chi connectivity index (χ0n) is 18.9. The van der Waals surface area contributed by atoms with Crippen molar-refractivity contribution in [2.75, 3.05) is 0 Å². The molecule has 166 valence electrons. The standard InChI is InChI=1S/C29H27O3P/c1-21(2)18-22-14-16-23(17-15-22)20-31-24-8-7-9-25(19-24)33(30)29-13-6-4-11-27(29)26-10-3-5-12-28(26)32-33/h3-17,19,21H,18,20H2,1-2H3. The molecule has 1 aliphatic heterocycles. The second-order valence-electron chi connectivity index (χ2n) is 8.86. The Morgan fingerprint density at radius 1 is 0.788 bits per heavy atom. The molecular formula is C29H27O3P. The second-order valence-corrected chi connectivity index (χ2v) is 11.1. The molecule has 0 aliphatic carbocycles. The Morgan fingerprint density at radius 3 is 2.27 bits per heavy atom. The number of ether oxygens (including phenoxy) is 1. The predicted octanol–water partition coefficient (Wildman–Crippen LogP) is 6.75. The minimum Gasteiger partial charge on any atom is -0.489 e. The highest BCUT2D eigenvalue weighted by Crippen LogP contribution is 2.53. The van der Waals surface area contributed by atoms with Crippen molar-refractivity contribution in [3.05, 3.63) is 108 Å². The molecule has 1 unspecified atom stereocenters. The topological polar surface area (TPSA) is 35.5 Å². The second kappa shape index (κ2) is 8.92. The van der Waals surface area contributed by atoms with Gasteiger partial charge in [-0.15, -0.1) is 0 Å². The highest BCUT2D eigenvalue weighted by molar-refractivity contribution is 7.75. The van der Waals surface area contributed by atoms with Crippen molar-refractivity contribution in [1.82, 2.24) is 0 Å². The van der Waals surface area contributed by atoms with E-state index in [2.05, 4.69) is 38.1 Å². The maximum Gasteiger partial charge on any atom is 0.307 e. The van der Waals surface area contributed by atoms with Gasteiger partial charge in [-0.1, -0.05) is 80.6 Å². The molecule has 33 heavy (non-hydrogen) atoms. The lowest BCUT2D eigenvalue weighted by Crippen LogP contribution is -2.25. The minimum atomic E-state index is -3.31. The number of benzene rings is 4. The average Bonchev–Trinajstić information content (AvgIpc) is 2.84. The zero-order chi connectivity index (χ0) is 22.8. The van der Waals surface area contributed by atoms with E-state index in [-0.39, 0.29) is 0 Å². The van der Waals surface area contributed by atoms with Crippen LogP contribution in [0.4, 0.5) is 0 Å². The first-order valence-corrected chi connectivity index (χ1v) is 13.0. The van der Waals surface area contributed by atoms with E-state index in [0.29, 0.717) is 29.3 Å². The van der Waals surface area contributed by atoms with Crippen molar-refractivity contribution >= 4 is 18.0 Å². The number of fused-ring (bicyclic) bond motifs is 3. The van der Waals surface area contributed by atoms with Crippen molar-refractivity contribution in [2.24, 2.45) is 5.92 Å². The number of para-hydroxylation sites is 1. The molecule has 0 saturated heterocycles. The van der Waals surface area contributed by atoms with Crippen LogP contribution in [0.2, 0.25) is 0 Å². The van der Waals surface area contributed by atoms with Gasteiger partial charge in [-0.2, -0.15) is 0 Å². The summed E-state index contributed by atoms with van der Waals surface area (Å²) in [7, 11) is -3.31. The fourth-order valence-corrected chi connectivity index (χ4v) is 6.56. The Bertz CT molecular complexity index is 1320. The average molecular weight is 455 g/mol. The fraction of sp³-hybridized carbons (Fsp3) is 0.172. The molecule has 0 radical (unpaired) electrons. The molecule has 4 heteroatoms. The van der Waals surface area contributed by atoms with Gasteiger partial charge in [0.25, 0.3) is 0 Å². The van der Waals surface area contributed by atoms with Gasteiger partial charge in [-0.05, 0) is 59.4 Å². The van der Waals surface area contributed by atoms with Gasteiger partial charge in [-0.25, -0.2) is 0 Å². The lowest BCUT2D eigenvalue weighted by atomic mass is 10.0. The van der Waals surface area contributed by atoms with Gasteiger partial charge < -0.3 is 9.26 Å². The lowest BCUT2D eigenvalue weighted by Gasteiger charge is -2.29. The molecule has 0 spiro atoms. The fourth-order valence-electron chi connectivity index (χ4n) is 4.27. The van der Waals surface area contributed by atoms with Gasteiger partial charge in [-0.3, -0.25) is 4.57 Å². The van der Waals surface area contributed by atoms with Crippen LogP contribution in [0.5, 0.6) is 11.5 Å². The predicted molar refractivity (Wildman–Crippen MR) is 135 cm³/mol.